The maximum Gasteiger partial charge on any atom is 0.329 e. The Morgan fingerprint density at radius 3 is 2.31 bits per heavy atom. The fourth-order valence-electron chi connectivity index (χ4n) is 11.4. The summed E-state index contributed by atoms with van der Waals surface area (Å²) < 4.78 is 24.1. The van der Waals surface area contributed by atoms with E-state index < -0.39 is 77.9 Å². The van der Waals surface area contributed by atoms with Crippen LogP contribution in [0.25, 0.3) is 0 Å². The van der Waals surface area contributed by atoms with E-state index in [2.05, 4.69) is 4.90 Å². The average Bonchev–Trinajstić information content (AvgIpc) is 3.37. The minimum absolute atomic E-state index is 0.00999. The molecule has 0 radical (unpaired) electrons. The first kappa shape index (κ1) is 58.8. The summed E-state index contributed by atoms with van der Waals surface area (Å²) in [5.74, 6) is -6.58. The largest absolute Gasteiger partial charge is 0.461 e. The second kappa shape index (κ2) is 28.0. The Kier molecular flexibility index (Phi) is 22.9. The number of nitrogens with two attached hydrogens (primary N) is 1. The molecule has 1 saturated carbocycles. The quantitative estimate of drug-likeness (QED) is 0.101. The summed E-state index contributed by atoms with van der Waals surface area (Å²) >= 11 is 0. The Morgan fingerprint density at radius 2 is 1.61 bits per heavy atom. The van der Waals surface area contributed by atoms with E-state index in [4.69, 9.17) is 24.7 Å². The zero-order valence-electron chi connectivity index (χ0n) is 44.3. The Balaban J connectivity index is 1.51. The fourth-order valence-corrected chi connectivity index (χ4v) is 11.4. The van der Waals surface area contributed by atoms with E-state index >= 15 is 0 Å². The van der Waals surface area contributed by atoms with Crippen LogP contribution in [-0.4, -0.2) is 143 Å². The van der Waals surface area contributed by atoms with Gasteiger partial charge in [-0.15, -0.1) is 0 Å². The normalized spacial score (nSPS) is 37.5. The number of amides is 1. The molecule has 5 rings (SSSR count). The molecule has 1 aromatic rings. The number of fused-ring (bicyclic) bond motifs is 3. The van der Waals surface area contributed by atoms with Crippen LogP contribution in [0.4, 0.5) is 5.69 Å². The average molecular weight is 1010 g/mol. The number of aliphatic hydroxyl groups is 4. The van der Waals surface area contributed by atoms with Crippen LogP contribution in [0.1, 0.15) is 125 Å². The molecule has 0 aromatic heterocycles. The molecule has 8 unspecified atom stereocenters. The standard InChI is InChI=1S/C57H87N3O12/c1-36-17-11-9-12-18-37(2)47(59(29-30-61)44-19-13-10-14-20-44)35-45-25-22-41(6)57(68,72-45)54(65)55(66)60-28-16-15-21-46(60)56(67)71-49(38(3)32-42-23-26-48(62)50(34-42)69-7)27-24-43(58)33-40(5)52(64)53(70-8)51(63)39(4)31-36/h9-14,17-20,33,36,38-39,41-43,45-50,52-53,61-62,64,68H,15-16,21-32,34-35,58H2,1-8H3/b12-9+,17-11+,37-18+,40-33+/t36-,38-,39?,41?,42?,43+,45?,46?,47-,48-,49+,50?,52?,53+,57?/m1/s1. The lowest BCUT2D eigenvalue weighted by molar-refractivity contribution is -0.263. The number of methoxy groups -OCH3 is 2. The number of ether oxygens (including phenoxy) is 4. The molecule has 3 aliphatic heterocycles. The predicted molar refractivity (Wildman–Crippen MR) is 277 cm³/mol. The van der Waals surface area contributed by atoms with Gasteiger partial charge in [0.2, 0.25) is 5.79 Å². The van der Waals surface area contributed by atoms with Crippen LogP contribution in [0, 0.1) is 29.6 Å². The summed E-state index contributed by atoms with van der Waals surface area (Å²) in [5.41, 5.74) is 8.98. The number of allylic oxidation sites excluding steroid dienone is 5. The molecule has 3 heterocycles. The van der Waals surface area contributed by atoms with Gasteiger partial charge >= 0.3 is 5.97 Å². The van der Waals surface area contributed by atoms with Gasteiger partial charge in [0.05, 0.1) is 31.0 Å². The number of rotatable bonds is 9. The van der Waals surface area contributed by atoms with Crippen molar-refractivity contribution in [2.75, 3.05) is 38.8 Å². The van der Waals surface area contributed by atoms with Crippen molar-refractivity contribution in [3.63, 3.8) is 0 Å². The highest BCUT2D eigenvalue weighted by molar-refractivity contribution is 6.39. The molecule has 72 heavy (non-hydrogen) atoms. The van der Waals surface area contributed by atoms with Crippen molar-refractivity contribution >= 4 is 29.1 Å². The molecule has 1 aliphatic carbocycles. The van der Waals surface area contributed by atoms with Crippen LogP contribution in [0.3, 0.4) is 0 Å². The number of esters is 1. The Hall–Kier alpha value is -4.06. The highest BCUT2D eigenvalue weighted by atomic mass is 16.6. The lowest BCUT2D eigenvalue weighted by Gasteiger charge is -2.44. The Bertz CT molecular complexity index is 2040. The van der Waals surface area contributed by atoms with Gasteiger partial charge in [0.25, 0.3) is 11.7 Å². The number of ketones is 2. The van der Waals surface area contributed by atoms with Crippen LogP contribution >= 0.6 is 0 Å². The molecule has 0 spiro atoms. The molecular formula is C57H87N3O12. The molecule has 15 atom stereocenters. The lowest BCUT2D eigenvalue weighted by atomic mass is 9.78. The molecule has 402 valence electrons. The summed E-state index contributed by atoms with van der Waals surface area (Å²) in [6.45, 7) is 11.5. The number of benzene rings is 1. The molecule has 1 aromatic carbocycles. The van der Waals surface area contributed by atoms with Crippen molar-refractivity contribution in [3.8, 4) is 0 Å². The van der Waals surface area contributed by atoms with Gasteiger partial charge in [-0.1, -0.05) is 87.9 Å². The third kappa shape index (κ3) is 15.5. The monoisotopic (exact) mass is 1010 g/mol. The molecular weight excluding hydrogens is 919 g/mol. The minimum Gasteiger partial charge on any atom is -0.461 e. The number of para-hydroxylation sites is 1. The minimum atomic E-state index is -2.46. The third-order valence-corrected chi connectivity index (χ3v) is 15.9. The number of piperidine rings is 1. The number of carbonyl (C=O) groups is 4. The summed E-state index contributed by atoms with van der Waals surface area (Å²) in [6.07, 6.45) is 13.5. The van der Waals surface area contributed by atoms with Crippen LogP contribution in [0.5, 0.6) is 0 Å². The Labute approximate surface area is 428 Å². The van der Waals surface area contributed by atoms with Crippen molar-refractivity contribution in [3.05, 3.63) is 77.9 Å². The molecule has 15 heteroatoms. The molecule has 2 saturated heterocycles. The van der Waals surface area contributed by atoms with E-state index in [-0.39, 0.29) is 61.8 Å². The maximum atomic E-state index is 14.6. The van der Waals surface area contributed by atoms with Gasteiger partial charge in [0.15, 0.2) is 5.78 Å². The number of carbonyl (C=O) groups excluding carboxylic acids is 4. The number of Topliss-reactive ketones (excluding diaryl/α,β-unsaturated/α-hetero) is 2. The van der Waals surface area contributed by atoms with Crippen LogP contribution in [0.2, 0.25) is 0 Å². The molecule has 1 amide bonds. The number of aliphatic hydroxyl groups excluding tert-OH is 3. The van der Waals surface area contributed by atoms with Gasteiger partial charge in [-0.25, -0.2) is 4.79 Å². The van der Waals surface area contributed by atoms with Crippen molar-refractivity contribution in [2.24, 2.45) is 35.3 Å². The second-order valence-corrected chi connectivity index (χ2v) is 21.4. The highest BCUT2D eigenvalue weighted by Crippen LogP contribution is 2.38. The zero-order valence-corrected chi connectivity index (χ0v) is 44.3. The molecule has 4 aliphatic rings. The first-order valence-electron chi connectivity index (χ1n) is 26.6. The number of hydrogen-bond acceptors (Lipinski definition) is 14. The fraction of sp³-hybridized carbons (Fsp3) is 0.684. The van der Waals surface area contributed by atoms with E-state index in [1.807, 2.05) is 88.4 Å². The van der Waals surface area contributed by atoms with Gasteiger partial charge in [-0.05, 0) is 133 Å². The lowest BCUT2D eigenvalue weighted by Crippen LogP contribution is -2.61. The van der Waals surface area contributed by atoms with E-state index in [0.717, 1.165) is 17.7 Å². The number of hydrogen-bond donors (Lipinski definition) is 5. The molecule has 15 nitrogen and oxygen atoms in total. The summed E-state index contributed by atoms with van der Waals surface area (Å²) in [4.78, 5) is 60.8. The van der Waals surface area contributed by atoms with Crippen molar-refractivity contribution in [2.45, 2.75) is 186 Å². The van der Waals surface area contributed by atoms with Gasteiger partial charge in [-0.3, -0.25) is 14.4 Å². The number of cyclic esters (lactones) is 1. The van der Waals surface area contributed by atoms with Gasteiger partial charge in [0, 0.05) is 50.9 Å². The maximum absolute atomic E-state index is 14.6. The van der Waals surface area contributed by atoms with Crippen molar-refractivity contribution in [1.82, 2.24) is 4.90 Å². The molecule has 6 N–H and O–H groups in total. The van der Waals surface area contributed by atoms with E-state index in [0.29, 0.717) is 76.2 Å². The Morgan fingerprint density at radius 1 is 0.875 bits per heavy atom. The summed E-state index contributed by atoms with van der Waals surface area (Å²) in [5, 5.41) is 44.7. The van der Waals surface area contributed by atoms with Crippen molar-refractivity contribution < 1.29 is 58.6 Å². The number of nitrogens with zero attached hydrogens (tertiary/aromatic N) is 2. The summed E-state index contributed by atoms with van der Waals surface area (Å²) in [7, 11) is 3.00. The number of anilines is 1. The van der Waals surface area contributed by atoms with Gasteiger partial charge in [-0.2, -0.15) is 0 Å². The predicted octanol–water partition coefficient (Wildman–Crippen LogP) is 6.55. The first-order chi connectivity index (χ1) is 34.3. The van der Waals surface area contributed by atoms with Crippen molar-refractivity contribution in [1.29, 1.82) is 0 Å². The van der Waals surface area contributed by atoms with E-state index in [9.17, 15) is 39.6 Å². The smallest absolute Gasteiger partial charge is 0.329 e. The van der Waals surface area contributed by atoms with Gasteiger partial charge in [0.1, 0.15) is 24.4 Å². The van der Waals surface area contributed by atoms with Crippen LogP contribution < -0.4 is 10.6 Å². The van der Waals surface area contributed by atoms with E-state index in [1.54, 1.807) is 27.0 Å². The first-order valence-corrected chi connectivity index (χ1v) is 26.6. The van der Waals surface area contributed by atoms with Crippen LogP contribution in [-0.2, 0) is 38.1 Å². The second-order valence-electron chi connectivity index (χ2n) is 21.4. The summed E-state index contributed by atoms with van der Waals surface area (Å²) in [6, 6.07) is 7.65. The highest BCUT2D eigenvalue weighted by Gasteiger charge is 2.53. The third-order valence-electron chi connectivity index (χ3n) is 15.9. The molecule has 3 fully saturated rings. The van der Waals surface area contributed by atoms with E-state index in [1.165, 1.54) is 12.0 Å². The SMILES string of the molecule is COC1CC(C[C@@H](C)[C@@H]2CC[C@H](N)/C=C(\C)C(O)[C@@H](OC)C(=O)C(C)C[C@H](C)/C=C/C=C/C=C(\C)[C@H](N(CCO)c3ccccc3)CC3CCC(C)C(O)(O3)C(=O)C(=O)N3CCCCC3C(=O)O2)CC[C@H]1O. The van der Waals surface area contributed by atoms with Gasteiger partial charge < -0.3 is 54.9 Å². The topological polar surface area (TPSA) is 219 Å². The van der Waals surface area contributed by atoms with Crippen LogP contribution in [0.15, 0.2) is 77.9 Å². The zero-order chi connectivity index (χ0) is 52.7. The molecule has 2 bridgehead atoms.